The summed E-state index contributed by atoms with van der Waals surface area (Å²) in [5, 5.41) is 3.29. The molecule has 0 unspecified atom stereocenters. The number of rotatable bonds is 1. The van der Waals surface area contributed by atoms with Gasteiger partial charge in [-0.25, -0.2) is 4.98 Å². The molecule has 0 amide bonds. The van der Waals surface area contributed by atoms with Gasteiger partial charge in [0.2, 0.25) is 0 Å². The highest BCUT2D eigenvalue weighted by Gasteiger charge is 2.33. The fourth-order valence-electron chi connectivity index (χ4n) is 2.89. The lowest BCUT2D eigenvalue weighted by atomic mass is 9.98. The maximum Gasteiger partial charge on any atom is 0.434 e. The molecule has 4 rings (SSSR count). The molecule has 0 spiro atoms. The molecule has 1 N–H and O–H groups in total. The van der Waals surface area contributed by atoms with Crippen molar-refractivity contribution in [1.82, 2.24) is 14.7 Å². The van der Waals surface area contributed by atoms with Gasteiger partial charge < -0.3 is 9.72 Å². The third-order valence-corrected chi connectivity index (χ3v) is 3.95. The largest absolute Gasteiger partial charge is 0.434 e. The van der Waals surface area contributed by atoms with Gasteiger partial charge in [-0.1, -0.05) is 18.2 Å². The average Bonchev–Trinajstić information content (AvgIpc) is 3.11. The van der Waals surface area contributed by atoms with Crippen LogP contribution in [0, 0.1) is 0 Å². The molecular formula is C16H12F3N3. The minimum absolute atomic E-state index is 0.299. The first kappa shape index (κ1) is 13.3. The summed E-state index contributed by atoms with van der Waals surface area (Å²) in [5.41, 5.74) is 3.79. The van der Waals surface area contributed by atoms with Crippen molar-refractivity contribution in [1.29, 1.82) is 0 Å². The molecule has 0 bridgehead atoms. The first-order chi connectivity index (χ1) is 10.5. The van der Waals surface area contributed by atoms with E-state index < -0.39 is 11.9 Å². The quantitative estimate of drug-likeness (QED) is 0.744. The van der Waals surface area contributed by atoms with E-state index in [4.69, 9.17) is 0 Å². The van der Waals surface area contributed by atoms with Crippen LogP contribution in [0.25, 0.3) is 16.8 Å². The number of nitrogens with one attached hydrogen (secondary N) is 1. The molecule has 0 saturated carbocycles. The molecule has 112 valence electrons. The number of aromatic nitrogens is 2. The maximum atomic E-state index is 12.7. The Morgan fingerprint density at radius 1 is 1.14 bits per heavy atom. The summed E-state index contributed by atoms with van der Waals surface area (Å²) >= 11 is 0. The Morgan fingerprint density at radius 2 is 2.00 bits per heavy atom. The minimum atomic E-state index is -4.43. The number of halogens is 3. The number of alkyl halides is 3. The molecule has 1 aliphatic rings. The van der Waals surface area contributed by atoms with Crippen molar-refractivity contribution in [3.8, 4) is 11.1 Å². The normalized spacial score (nSPS) is 14.5. The van der Waals surface area contributed by atoms with Crippen LogP contribution in [0.15, 0.2) is 42.7 Å². The second-order valence-electron chi connectivity index (χ2n) is 5.35. The van der Waals surface area contributed by atoms with E-state index in [-0.39, 0.29) is 0 Å². The van der Waals surface area contributed by atoms with Crippen molar-refractivity contribution in [2.75, 3.05) is 0 Å². The topological polar surface area (TPSA) is 29.3 Å². The van der Waals surface area contributed by atoms with Crippen molar-refractivity contribution in [3.63, 3.8) is 0 Å². The third kappa shape index (κ3) is 2.07. The van der Waals surface area contributed by atoms with Gasteiger partial charge in [-0.15, -0.1) is 0 Å². The molecule has 6 heteroatoms. The molecule has 2 aromatic heterocycles. The molecule has 0 fully saturated rings. The molecule has 3 nitrogen and oxygen atoms in total. The molecule has 3 heterocycles. The van der Waals surface area contributed by atoms with Gasteiger partial charge in [-0.3, -0.25) is 0 Å². The Hall–Kier alpha value is -2.34. The van der Waals surface area contributed by atoms with Gasteiger partial charge in [-0.05, 0) is 34.4 Å². The van der Waals surface area contributed by atoms with Crippen molar-refractivity contribution >= 4 is 5.65 Å². The molecule has 3 aromatic rings. The molecule has 22 heavy (non-hydrogen) atoms. The molecule has 1 aromatic carbocycles. The van der Waals surface area contributed by atoms with E-state index in [1.807, 2.05) is 18.2 Å². The number of benzene rings is 1. The zero-order chi connectivity index (χ0) is 15.3. The lowest BCUT2D eigenvalue weighted by Crippen LogP contribution is -2.04. The maximum absolute atomic E-state index is 12.7. The first-order valence-corrected chi connectivity index (χ1v) is 6.90. The van der Waals surface area contributed by atoms with Gasteiger partial charge >= 0.3 is 6.18 Å². The SMILES string of the molecule is FC(F)(F)c1cn2ccc(-c3cccc4c3CNC4)cc2n1. The first-order valence-electron chi connectivity index (χ1n) is 6.90. The van der Waals surface area contributed by atoms with Crippen LogP contribution < -0.4 is 5.32 Å². The Morgan fingerprint density at radius 3 is 2.82 bits per heavy atom. The fourth-order valence-corrected chi connectivity index (χ4v) is 2.89. The third-order valence-electron chi connectivity index (χ3n) is 3.95. The van der Waals surface area contributed by atoms with Crippen molar-refractivity contribution in [2.45, 2.75) is 19.3 Å². The number of nitrogens with zero attached hydrogens (tertiary/aromatic N) is 2. The lowest BCUT2D eigenvalue weighted by Gasteiger charge is -2.08. The monoisotopic (exact) mass is 303 g/mol. The van der Waals surface area contributed by atoms with Crippen molar-refractivity contribution in [3.05, 3.63) is 59.5 Å². The zero-order valence-electron chi connectivity index (χ0n) is 11.5. The highest BCUT2D eigenvalue weighted by molar-refractivity contribution is 5.72. The molecule has 1 aliphatic heterocycles. The van der Waals surface area contributed by atoms with Gasteiger partial charge in [0.25, 0.3) is 0 Å². The van der Waals surface area contributed by atoms with Crippen molar-refractivity contribution < 1.29 is 13.2 Å². The predicted octanol–water partition coefficient (Wildman–Crippen LogP) is 3.62. The average molecular weight is 303 g/mol. The molecule has 0 radical (unpaired) electrons. The Kier molecular flexibility index (Phi) is 2.77. The molecular weight excluding hydrogens is 291 g/mol. The summed E-state index contributed by atoms with van der Waals surface area (Å²) in [6, 6.07) is 9.55. The van der Waals surface area contributed by atoms with Crippen LogP contribution in [0.1, 0.15) is 16.8 Å². The van der Waals surface area contributed by atoms with Gasteiger partial charge in [-0.2, -0.15) is 13.2 Å². The van der Waals surface area contributed by atoms with Crippen LogP contribution in [0.5, 0.6) is 0 Å². The molecule has 0 atom stereocenters. The van der Waals surface area contributed by atoms with E-state index in [1.165, 1.54) is 15.5 Å². The number of hydrogen-bond acceptors (Lipinski definition) is 2. The second-order valence-corrected chi connectivity index (χ2v) is 5.35. The van der Waals surface area contributed by atoms with Crippen LogP contribution >= 0.6 is 0 Å². The highest BCUT2D eigenvalue weighted by Crippen LogP contribution is 2.32. The summed E-state index contributed by atoms with van der Waals surface area (Å²) in [7, 11) is 0. The van der Waals surface area contributed by atoms with Crippen LogP contribution in [-0.4, -0.2) is 9.38 Å². The van der Waals surface area contributed by atoms with Crippen LogP contribution in [-0.2, 0) is 19.3 Å². The summed E-state index contributed by atoms with van der Waals surface area (Å²) in [6.45, 7) is 1.60. The number of pyridine rings is 1. The standard InChI is InChI=1S/C16H12F3N3/c17-16(18,19)14-9-22-5-4-10(6-15(22)21-14)12-3-1-2-11-7-20-8-13(11)12/h1-6,9,20H,7-8H2. The summed E-state index contributed by atoms with van der Waals surface area (Å²) in [4.78, 5) is 3.69. The zero-order valence-corrected chi connectivity index (χ0v) is 11.5. The van der Waals surface area contributed by atoms with Gasteiger partial charge in [0.05, 0.1) is 0 Å². The highest BCUT2D eigenvalue weighted by atomic mass is 19.4. The Bertz CT molecular complexity index is 865. The lowest BCUT2D eigenvalue weighted by molar-refractivity contribution is -0.140. The summed E-state index contributed by atoms with van der Waals surface area (Å²) in [5.74, 6) is 0. The Balaban J connectivity index is 1.85. The van der Waals surface area contributed by atoms with E-state index in [2.05, 4.69) is 16.4 Å². The molecule has 0 aliphatic carbocycles. The fraction of sp³-hybridized carbons (Fsp3) is 0.188. The number of fused-ring (bicyclic) bond motifs is 2. The Labute approximate surface area is 124 Å². The van der Waals surface area contributed by atoms with Gasteiger partial charge in [0.1, 0.15) is 5.65 Å². The van der Waals surface area contributed by atoms with E-state index in [1.54, 1.807) is 12.3 Å². The smallest absolute Gasteiger partial charge is 0.309 e. The number of imidazole rings is 1. The van der Waals surface area contributed by atoms with Crippen LogP contribution in [0.3, 0.4) is 0 Å². The second kappa shape index (κ2) is 4.58. The van der Waals surface area contributed by atoms with Gasteiger partial charge in [0, 0.05) is 25.5 Å². The summed E-state index contributed by atoms with van der Waals surface area (Å²) < 4.78 is 39.6. The van der Waals surface area contributed by atoms with E-state index in [0.717, 1.165) is 30.4 Å². The molecule has 0 saturated heterocycles. The van der Waals surface area contributed by atoms with E-state index in [0.29, 0.717) is 5.65 Å². The van der Waals surface area contributed by atoms with Crippen LogP contribution in [0.4, 0.5) is 13.2 Å². The van der Waals surface area contributed by atoms with E-state index >= 15 is 0 Å². The van der Waals surface area contributed by atoms with E-state index in [9.17, 15) is 13.2 Å². The summed E-state index contributed by atoms with van der Waals surface area (Å²) in [6.07, 6.45) is -1.80. The number of hydrogen-bond donors (Lipinski definition) is 1. The van der Waals surface area contributed by atoms with Crippen LogP contribution in [0.2, 0.25) is 0 Å². The minimum Gasteiger partial charge on any atom is -0.309 e. The van der Waals surface area contributed by atoms with Crippen molar-refractivity contribution in [2.24, 2.45) is 0 Å². The predicted molar refractivity (Wildman–Crippen MR) is 76.2 cm³/mol. The van der Waals surface area contributed by atoms with Gasteiger partial charge in [0.15, 0.2) is 5.69 Å².